The molecule has 1 N–H and O–H groups in total. The molecule has 0 aromatic heterocycles. The molecule has 6 unspecified atom stereocenters. The van der Waals surface area contributed by atoms with Crippen molar-refractivity contribution >= 4 is 83.9 Å². The first-order valence-corrected chi connectivity index (χ1v) is 18.0. The van der Waals surface area contributed by atoms with E-state index in [-0.39, 0.29) is 40.2 Å². The molecule has 1 saturated carbocycles. The number of rotatable bonds is 7. The predicted molar refractivity (Wildman–Crippen MR) is 198 cm³/mol. The third-order valence-electron chi connectivity index (χ3n) is 11.1. The monoisotopic (exact) mass is 851 g/mol. The summed E-state index contributed by atoms with van der Waals surface area (Å²) in [5.74, 6) is -7.06. The van der Waals surface area contributed by atoms with E-state index in [1.807, 2.05) is 6.08 Å². The van der Waals surface area contributed by atoms with Gasteiger partial charge < -0.3 is 14.7 Å². The molecule has 4 aliphatic rings. The van der Waals surface area contributed by atoms with E-state index >= 15 is 0 Å². The molecule has 274 valence electrons. The molecule has 2 aliphatic carbocycles. The van der Waals surface area contributed by atoms with Crippen LogP contribution in [0.15, 0.2) is 69.1 Å². The minimum absolute atomic E-state index is 0.0225. The smallest absolute Gasteiger partial charge is 0.301 e. The Morgan fingerprint density at radius 3 is 2.08 bits per heavy atom. The number of phenols is 1. The Morgan fingerprint density at radius 1 is 0.887 bits per heavy atom. The van der Waals surface area contributed by atoms with Crippen LogP contribution in [0.1, 0.15) is 31.2 Å². The summed E-state index contributed by atoms with van der Waals surface area (Å²) >= 11 is 7.01. The molecular formula is C36H31Br2N5O10. The molecule has 15 nitrogen and oxygen atoms in total. The van der Waals surface area contributed by atoms with Gasteiger partial charge in [-0.15, -0.1) is 0 Å². The van der Waals surface area contributed by atoms with Gasteiger partial charge in [0.05, 0.1) is 56.0 Å². The third kappa shape index (κ3) is 5.10. The average molecular weight is 853 g/mol. The van der Waals surface area contributed by atoms with Crippen LogP contribution in [0.3, 0.4) is 0 Å². The number of fused-ring (bicyclic) bond motifs is 4. The molecule has 2 heterocycles. The molecule has 17 heteroatoms. The topological polar surface area (TPSA) is 194 Å². The van der Waals surface area contributed by atoms with Crippen LogP contribution in [0.4, 0.5) is 28.4 Å². The second-order valence-electron chi connectivity index (χ2n) is 13.9. The number of benzene rings is 3. The van der Waals surface area contributed by atoms with Gasteiger partial charge in [-0.25, -0.2) is 9.80 Å². The number of amides is 4. The Kier molecular flexibility index (Phi) is 8.71. The Balaban J connectivity index is 1.40. The highest BCUT2D eigenvalue weighted by Gasteiger charge is 2.68. The number of imide groups is 2. The summed E-state index contributed by atoms with van der Waals surface area (Å²) in [6.07, 6.45) is 1.89. The number of aromatic hydroxyl groups is 1. The Morgan fingerprint density at radius 2 is 1.51 bits per heavy atom. The molecular weight excluding hydrogens is 822 g/mol. The Hall–Kier alpha value is -5.16. The van der Waals surface area contributed by atoms with E-state index in [1.165, 1.54) is 26.1 Å². The van der Waals surface area contributed by atoms with Crippen LogP contribution in [0.25, 0.3) is 0 Å². The van der Waals surface area contributed by atoms with Crippen molar-refractivity contribution < 1.29 is 38.9 Å². The maximum Gasteiger partial charge on any atom is 0.301 e. The summed E-state index contributed by atoms with van der Waals surface area (Å²) in [5.41, 5.74) is -1.84. The second kappa shape index (κ2) is 12.8. The normalized spacial score (nSPS) is 26.2. The van der Waals surface area contributed by atoms with E-state index in [9.17, 15) is 44.5 Å². The van der Waals surface area contributed by atoms with Crippen molar-refractivity contribution in [2.75, 3.05) is 35.9 Å². The van der Waals surface area contributed by atoms with Crippen molar-refractivity contribution in [2.24, 2.45) is 29.1 Å². The number of phenolic OH excluding ortho intramolecular Hbond substituents is 1. The van der Waals surface area contributed by atoms with Crippen molar-refractivity contribution in [1.29, 1.82) is 0 Å². The van der Waals surface area contributed by atoms with E-state index in [0.29, 0.717) is 21.3 Å². The number of carbonyl (C=O) groups is 4. The highest BCUT2D eigenvalue weighted by molar-refractivity contribution is 9.13. The van der Waals surface area contributed by atoms with Crippen LogP contribution in [0.5, 0.6) is 11.5 Å². The zero-order chi connectivity index (χ0) is 38.4. The minimum atomic E-state index is -1.40. The lowest BCUT2D eigenvalue weighted by molar-refractivity contribution is -0.392. The van der Waals surface area contributed by atoms with Crippen LogP contribution in [0.2, 0.25) is 0 Å². The first kappa shape index (κ1) is 36.2. The number of para-hydroxylation sites is 1. The van der Waals surface area contributed by atoms with Gasteiger partial charge in [0.15, 0.2) is 17.2 Å². The highest BCUT2D eigenvalue weighted by Crippen LogP contribution is 2.65. The Labute approximate surface area is 318 Å². The van der Waals surface area contributed by atoms with Gasteiger partial charge in [-0.3, -0.25) is 39.4 Å². The number of carbonyl (C=O) groups excluding carboxylic acids is 4. The van der Waals surface area contributed by atoms with Crippen molar-refractivity contribution in [1.82, 2.24) is 0 Å². The number of nitro benzene ring substituents is 2. The molecule has 0 radical (unpaired) electrons. The SMILES string of the molecule is COc1cc(C2C3=CCC4C(=O)N(c5cc([N+](=O)[O-])c(N(C)C)c([N+](=O)[O-])c5)C(=O)C4C3CC3C(=O)N(c4ccccc4)C(=O)C32C)c(Br)c(Br)c1O. The summed E-state index contributed by atoms with van der Waals surface area (Å²) in [6, 6.07) is 12.0. The lowest BCUT2D eigenvalue weighted by Crippen LogP contribution is -2.49. The number of hydrogen-bond acceptors (Lipinski definition) is 11. The van der Waals surface area contributed by atoms with Gasteiger partial charge in [-0.2, -0.15) is 0 Å². The Bertz CT molecular complexity index is 2180. The van der Waals surface area contributed by atoms with Crippen LogP contribution in [-0.4, -0.2) is 59.8 Å². The van der Waals surface area contributed by atoms with E-state index in [1.54, 1.807) is 43.3 Å². The van der Waals surface area contributed by atoms with Gasteiger partial charge in [-0.05, 0) is 81.3 Å². The predicted octanol–water partition coefficient (Wildman–Crippen LogP) is 6.24. The highest BCUT2D eigenvalue weighted by atomic mass is 79.9. The lowest BCUT2D eigenvalue weighted by Gasteiger charge is -2.49. The van der Waals surface area contributed by atoms with E-state index in [4.69, 9.17) is 4.74 Å². The fourth-order valence-electron chi connectivity index (χ4n) is 8.87. The van der Waals surface area contributed by atoms with Gasteiger partial charge in [-0.1, -0.05) is 29.8 Å². The molecule has 3 fully saturated rings. The average Bonchev–Trinajstić information content (AvgIpc) is 3.50. The van der Waals surface area contributed by atoms with Crippen molar-refractivity contribution in [3.05, 3.63) is 94.9 Å². The summed E-state index contributed by atoms with van der Waals surface area (Å²) in [4.78, 5) is 83.8. The molecule has 6 atom stereocenters. The van der Waals surface area contributed by atoms with Gasteiger partial charge in [0.2, 0.25) is 23.6 Å². The minimum Gasteiger partial charge on any atom is -0.503 e. The van der Waals surface area contributed by atoms with E-state index < -0.39 is 79.9 Å². The largest absolute Gasteiger partial charge is 0.503 e. The molecule has 7 rings (SSSR count). The van der Waals surface area contributed by atoms with Crippen molar-refractivity contribution in [2.45, 2.75) is 25.7 Å². The zero-order valence-electron chi connectivity index (χ0n) is 28.6. The van der Waals surface area contributed by atoms with Crippen LogP contribution >= 0.6 is 31.9 Å². The zero-order valence-corrected chi connectivity index (χ0v) is 31.8. The van der Waals surface area contributed by atoms with Gasteiger partial charge in [0.25, 0.3) is 0 Å². The number of allylic oxidation sites excluding steroid dienone is 2. The quantitative estimate of drug-likeness (QED) is 0.122. The summed E-state index contributed by atoms with van der Waals surface area (Å²) in [7, 11) is 4.19. The number of anilines is 3. The number of ether oxygens (including phenoxy) is 1. The molecule has 53 heavy (non-hydrogen) atoms. The third-order valence-corrected chi connectivity index (χ3v) is 13.3. The molecule has 3 aromatic carbocycles. The summed E-state index contributed by atoms with van der Waals surface area (Å²) in [5, 5.41) is 35.1. The van der Waals surface area contributed by atoms with Crippen molar-refractivity contribution in [3.63, 3.8) is 0 Å². The first-order chi connectivity index (χ1) is 25.1. The summed E-state index contributed by atoms with van der Waals surface area (Å²) < 4.78 is 6.11. The maximum atomic E-state index is 14.7. The number of hydrogen-bond donors (Lipinski definition) is 1. The summed E-state index contributed by atoms with van der Waals surface area (Å²) in [6.45, 7) is 1.72. The van der Waals surface area contributed by atoms with Crippen molar-refractivity contribution in [3.8, 4) is 11.5 Å². The van der Waals surface area contributed by atoms with Crippen LogP contribution in [-0.2, 0) is 19.2 Å². The van der Waals surface area contributed by atoms with Gasteiger partial charge in [0.1, 0.15) is 0 Å². The maximum absolute atomic E-state index is 14.7. The van der Waals surface area contributed by atoms with Gasteiger partial charge in [0, 0.05) is 36.6 Å². The molecule has 2 aliphatic heterocycles. The van der Waals surface area contributed by atoms with Gasteiger partial charge >= 0.3 is 11.4 Å². The van der Waals surface area contributed by atoms with E-state index in [2.05, 4.69) is 31.9 Å². The van der Waals surface area contributed by atoms with Crippen LogP contribution in [0, 0.1) is 49.3 Å². The number of methoxy groups -OCH3 is 1. The molecule has 0 bridgehead atoms. The number of nitro groups is 2. The molecule has 0 spiro atoms. The molecule has 2 saturated heterocycles. The van der Waals surface area contributed by atoms with Crippen LogP contribution < -0.4 is 19.4 Å². The molecule has 3 aromatic rings. The fourth-order valence-corrected chi connectivity index (χ4v) is 9.83. The number of nitrogens with zero attached hydrogens (tertiary/aromatic N) is 5. The second-order valence-corrected chi connectivity index (χ2v) is 15.5. The first-order valence-electron chi connectivity index (χ1n) is 16.5. The number of halogens is 2. The lowest BCUT2D eigenvalue weighted by atomic mass is 9.51. The standard InChI is InChI=1S/C36H31Br2N5O10/c1-36-22(33(46)41(35(36)48)16-8-6-5-7-9-16)14-20-18(27(36)21-15-25(53-4)31(44)29(38)28(21)37)10-11-19-26(20)34(47)40(32(19)45)17-12-23(42(49)50)30(39(2)3)24(13-17)43(51)52/h5-10,12-13,15,19-20,22,26-27,44H,11,14H2,1-4H3. The fraction of sp³-hybridized carbons (Fsp3) is 0.333. The van der Waals surface area contributed by atoms with E-state index in [0.717, 1.165) is 21.9 Å². The molecule has 4 amide bonds.